The third-order valence-corrected chi connectivity index (χ3v) is 4.74. The number of hydrogen-bond acceptors (Lipinski definition) is 4. The molecule has 3 aromatic rings. The predicted molar refractivity (Wildman–Crippen MR) is 82.3 cm³/mol. The van der Waals surface area contributed by atoms with E-state index in [2.05, 4.69) is 17.1 Å². The second kappa shape index (κ2) is 6.08. The molecule has 0 bridgehead atoms. The topological polar surface area (TPSA) is 22.1 Å². The van der Waals surface area contributed by atoms with Crippen molar-refractivity contribution in [2.24, 2.45) is 0 Å². The van der Waals surface area contributed by atoms with Gasteiger partial charge in [-0.2, -0.15) is 0 Å². The molecular formula is C15H13NOS2. The summed E-state index contributed by atoms with van der Waals surface area (Å²) in [5.41, 5.74) is 1.08. The zero-order valence-electron chi connectivity index (χ0n) is 10.3. The van der Waals surface area contributed by atoms with Gasteiger partial charge >= 0.3 is 0 Å². The number of hydrogen-bond donors (Lipinski definition) is 0. The van der Waals surface area contributed by atoms with Crippen LogP contribution in [-0.2, 0) is 0 Å². The normalized spacial score (nSPS) is 10.7. The van der Waals surface area contributed by atoms with Gasteiger partial charge in [0.15, 0.2) is 4.34 Å². The summed E-state index contributed by atoms with van der Waals surface area (Å²) in [6.45, 7) is 0.699. The largest absolute Gasteiger partial charge is 0.493 e. The zero-order valence-corrected chi connectivity index (χ0v) is 11.9. The number of benzene rings is 2. The average Bonchev–Trinajstić information content (AvgIpc) is 2.87. The molecule has 4 heteroatoms. The van der Waals surface area contributed by atoms with Crippen LogP contribution < -0.4 is 4.74 Å². The fraction of sp³-hybridized carbons (Fsp3) is 0.133. The molecule has 0 atom stereocenters. The monoisotopic (exact) mass is 287 g/mol. The van der Waals surface area contributed by atoms with Crippen molar-refractivity contribution in [2.45, 2.75) is 4.34 Å². The van der Waals surface area contributed by atoms with Gasteiger partial charge in [0, 0.05) is 5.75 Å². The predicted octanol–water partition coefficient (Wildman–Crippen LogP) is 4.47. The van der Waals surface area contributed by atoms with Crippen molar-refractivity contribution >= 4 is 33.3 Å². The molecule has 0 radical (unpaired) electrons. The fourth-order valence-electron chi connectivity index (χ4n) is 1.72. The Kier molecular flexibility index (Phi) is 4.01. The van der Waals surface area contributed by atoms with Gasteiger partial charge in [-0.25, -0.2) is 4.98 Å². The Morgan fingerprint density at radius 3 is 2.63 bits per heavy atom. The number of fused-ring (bicyclic) bond motifs is 1. The molecular weight excluding hydrogens is 274 g/mol. The molecule has 96 valence electrons. The van der Waals surface area contributed by atoms with Crippen LogP contribution >= 0.6 is 23.1 Å². The van der Waals surface area contributed by atoms with Gasteiger partial charge in [-0.3, -0.25) is 0 Å². The number of thiazole rings is 1. The van der Waals surface area contributed by atoms with E-state index < -0.39 is 0 Å². The Morgan fingerprint density at radius 2 is 1.79 bits per heavy atom. The van der Waals surface area contributed by atoms with E-state index >= 15 is 0 Å². The van der Waals surface area contributed by atoms with Crippen LogP contribution in [0.2, 0.25) is 0 Å². The van der Waals surface area contributed by atoms with Gasteiger partial charge in [-0.15, -0.1) is 11.3 Å². The van der Waals surface area contributed by atoms with Gasteiger partial charge in [0.2, 0.25) is 0 Å². The van der Waals surface area contributed by atoms with Crippen LogP contribution in [0.5, 0.6) is 5.75 Å². The summed E-state index contributed by atoms with van der Waals surface area (Å²) in [6, 6.07) is 18.1. The van der Waals surface area contributed by atoms with Crippen molar-refractivity contribution < 1.29 is 4.74 Å². The molecule has 0 N–H and O–H groups in total. The highest BCUT2D eigenvalue weighted by Gasteiger charge is 2.03. The first-order valence-electron chi connectivity index (χ1n) is 6.08. The molecule has 0 aliphatic heterocycles. The Morgan fingerprint density at radius 1 is 1.00 bits per heavy atom. The fourth-order valence-corrected chi connectivity index (χ4v) is 3.67. The van der Waals surface area contributed by atoms with Gasteiger partial charge in [0.25, 0.3) is 0 Å². The number of nitrogens with zero attached hydrogens (tertiary/aromatic N) is 1. The molecule has 0 fully saturated rings. The molecule has 2 aromatic carbocycles. The highest BCUT2D eigenvalue weighted by molar-refractivity contribution is 8.01. The van der Waals surface area contributed by atoms with E-state index in [0.29, 0.717) is 6.61 Å². The molecule has 2 nitrogen and oxygen atoms in total. The van der Waals surface area contributed by atoms with Crippen molar-refractivity contribution in [3.05, 3.63) is 54.6 Å². The smallest absolute Gasteiger partial charge is 0.151 e. The maximum absolute atomic E-state index is 5.66. The molecule has 0 aliphatic rings. The van der Waals surface area contributed by atoms with Gasteiger partial charge in [0.1, 0.15) is 5.75 Å². The number of aromatic nitrogens is 1. The van der Waals surface area contributed by atoms with E-state index in [9.17, 15) is 0 Å². The number of rotatable bonds is 5. The summed E-state index contributed by atoms with van der Waals surface area (Å²) in [5.74, 6) is 1.83. The van der Waals surface area contributed by atoms with E-state index in [1.807, 2.05) is 42.5 Å². The van der Waals surface area contributed by atoms with E-state index in [0.717, 1.165) is 21.4 Å². The molecule has 0 unspecified atom stereocenters. The van der Waals surface area contributed by atoms with E-state index in [1.165, 1.54) is 4.70 Å². The Labute approximate surface area is 120 Å². The summed E-state index contributed by atoms with van der Waals surface area (Å²) >= 11 is 3.49. The lowest BCUT2D eigenvalue weighted by Crippen LogP contribution is -1.99. The molecule has 0 saturated heterocycles. The van der Waals surface area contributed by atoms with Gasteiger partial charge in [-0.1, -0.05) is 42.1 Å². The first-order valence-corrected chi connectivity index (χ1v) is 7.88. The van der Waals surface area contributed by atoms with Crippen LogP contribution in [-0.4, -0.2) is 17.3 Å². The summed E-state index contributed by atoms with van der Waals surface area (Å²) in [4.78, 5) is 4.58. The Hall–Kier alpha value is -1.52. The lowest BCUT2D eigenvalue weighted by Gasteiger charge is -2.03. The lowest BCUT2D eigenvalue weighted by molar-refractivity contribution is 0.344. The average molecular weight is 287 g/mol. The summed E-state index contributed by atoms with van der Waals surface area (Å²) in [5, 5.41) is 0. The molecule has 0 saturated carbocycles. The van der Waals surface area contributed by atoms with Crippen LogP contribution in [0.15, 0.2) is 58.9 Å². The maximum Gasteiger partial charge on any atom is 0.151 e. The number of para-hydroxylation sites is 2. The molecule has 0 spiro atoms. The van der Waals surface area contributed by atoms with Crippen molar-refractivity contribution in [3.63, 3.8) is 0 Å². The van der Waals surface area contributed by atoms with Gasteiger partial charge in [0.05, 0.1) is 16.8 Å². The summed E-state index contributed by atoms with van der Waals surface area (Å²) in [6.07, 6.45) is 0. The highest BCUT2D eigenvalue weighted by atomic mass is 32.2. The van der Waals surface area contributed by atoms with Crippen LogP contribution in [0.1, 0.15) is 0 Å². The molecule has 3 rings (SSSR count). The van der Waals surface area contributed by atoms with E-state index in [-0.39, 0.29) is 0 Å². The van der Waals surface area contributed by atoms with Crippen LogP contribution in [0, 0.1) is 0 Å². The SMILES string of the molecule is c1ccc(OCCSc2nc3ccccc3s2)cc1. The summed E-state index contributed by atoms with van der Waals surface area (Å²) < 4.78 is 8.01. The second-order valence-electron chi connectivity index (χ2n) is 3.96. The van der Waals surface area contributed by atoms with Crippen molar-refractivity contribution in [3.8, 4) is 5.75 Å². The van der Waals surface area contributed by atoms with E-state index in [1.54, 1.807) is 23.1 Å². The first kappa shape index (κ1) is 12.5. The molecule has 0 amide bonds. The molecule has 1 heterocycles. The van der Waals surface area contributed by atoms with Crippen LogP contribution in [0.4, 0.5) is 0 Å². The standard InChI is InChI=1S/C15H13NOS2/c1-2-6-12(7-3-1)17-10-11-18-15-16-13-8-4-5-9-14(13)19-15/h1-9H,10-11H2. The zero-order chi connectivity index (χ0) is 12.9. The van der Waals surface area contributed by atoms with Crippen molar-refractivity contribution in [1.29, 1.82) is 0 Å². The summed E-state index contributed by atoms with van der Waals surface area (Å²) in [7, 11) is 0. The first-order chi connectivity index (χ1) is 9.42. The number of thioether (sulfide) groups is 1. The van der Waals surface area contributed by atoms with Crippen molar-refractivity contribution in [2.75, 3.05) is 12.4 Å². The number of ether oxygens (including phenoxy) is 1. The second-order valence-corrected chi connectivity index (χ2v) is 6.33. The van der Waals surface area contributed by atoms with Crippen LogP contribution in [0.25, 0.3) is 10.2 Å². The minimum atomic E-state index is 0.699. The minimum absolute atomic E-state index is 0.699. The quantitative estimate of drug-likeness (QED) is 0.510. The third kappa shape index (κ3) is 3.28. The molecule has 0 aliphatic carbocycles. The molecule has 1 aromatic heterocycles. The highest BCUT2D eigenvalue weighted by Crippen LogP contribution is 2.29. The van der Waals surface area contributed by atoms with Crippen molar-refractivity contribution in [1.82, 2.24) is 4.98 Å². The van der Waals surface area contributed by atoms with Gasteiger partial charge < -0.3 is 4.74 Å². The Bertz CT molecular complexity index is 618. The Balaban J connectivity index is 1.52. The minimum Gasteiger partial charge on any atom is -0.493 e. The van der Waals surface area contributed by atoms with Crippen LogP contribution in [0.3, 0.4) is 0 Å². The third-order valence-electron chi connectivity index (χ3n) is 2.60. The maximum atomic E-state index is 5.66. The lowest BCUT2D eigenvalue weighted by atomic mass is 10.3. The van der Waals surface area contributed by atoms with E-state index in [4.69, 9.17) is 4.74 Å². The van der Waals surface area contributed by atoms with Gasteiger partial charge in [-0.05, 0) is 24.3 Å². The molecule has 19 heavy (non-hydrogen) atoms.